The summed E-state index contributed by atoms with van der Waals surface area (Å²) >= 11 is 6.84. The van der Waals surface area contributed by atoms with Gasteiger partial charge in [0.15, 0.2) is 0 Å². The first-order chi connectivity index (χ1) is 13.4. The number of amides is 2. The number of rotatable bonds is 6. The molecule has 0 spiro atoms. The highest BCUT2D eigenvalue weighted by atomic mass is 35.5. The van der Waals surface area contributed by atoms with Crippen LogP contribution in [-0.2, 0) is 11.3 Å². The van der Waals surface area contributed by atoms with E-state index in [1.54, 1.807) is 6.08 Å². The van der Waals surface area contributed by atoms with Crippen LogP contribution >= 0.6 is 23.4 Å². The van der Waals surface area contributed by atoms with Crippen molar-refractivity contribution in [1.82, 2.24) is 4.90 Å². The zero-order valence-corrected chi connectivity index (χ0v) is 17.0. The van der Waals surface area contributed by atoms with E-state index in [-0.39, 0.29) is 28.1 Å². The van der Waals surface area contributed by atoms with Crippen molar-refractivity contribution < 1.29 is 18.7 Å². The Kier molecular flexibility index (Phi) is 6.42. The lowest BCUT2D eigenvalue weighted by molar-refractivity contribution is -0.123. The van der Waals surface area contributed by atoms with E-state index in [1.165, 1.54) is 18.2 Å². The number of halogens is 2. The van der Waals surface area contributed by atoms with Crippen molar-refractivity contribution in [2.75, 3.05) is 0 Å². The highest BCUT2D eigenvalue weighted by Gasteiger charge is 2.35. The van der Waals surface area contributed by atoms with Crippen LogP contribution in [0.3, 0.4) is 0 Å². The van der Waals surface area contributed by atoms with Gasteiger partial charge in [-0.2, -0.15) is 0 Å². The molecule has 1 heterocycles. The van der Waals surface area contributed by atoms with E-state index >= 15 is 0 Å². The van der Waals surface area contributed by atoms with Crippen LogP contribution in [0.15, 0.2) is 47.4 Å². The zero-order chi connectivity index (χ0) is 20.3. The maximum atomic E-state index is 14.0. The average Bonchev–Trinajstić information content (AvgIpc) is 2.93. The molecule has 1 saturated heterocycles. The summed E-state index contributed by atoms with van der Waals surface area (Å²) in [6.45, 7) is 3.84. The maximum Gasteiger partial charge on any atom is 0.293 e. The van der Waals surface area contributed by atoms with E-state index in [2.05, 4.69) is 0 Å². The molecule has 28 heavy (non-hydrogen) atoms. The smallest absolute Gasteiger partial charge is 0.293 e. The van der Waals surface area contributed by atoms with Crippen molar-refractivity contribution in [3.63, 3.8) is 0 Å². The Morgan fingerprint density at radius 1 is 1.21 bits per heavy atom. The van der Waals surface area contributed by atoms with Crippen LogP contribution in [0.25, 0.3) is 6.08 Å². The molecule has 2 aromatic carbocycles. The molecule has 2 amide bonds. The van der Waals surface area contributed by atoms with Crippen LogP contribution in [0.5, 0.6) is 5.75 Å². The maximum absolute atomic E-state index is 14.0. The molecule has 1 fully saturated rings. The van der Waals surface area contributed by atoms with Gasteiger partial charge in [-0.3, -0.25) is 14.5 Å². The SMILES string of the molecule is CC[C@@H](C)Oc1ccc(/C=C2\SC(=O)N(Cc3c(F)cccc3Cl)C2=O)cc1. The number of benzene rings is 2. The molecule has 146 valence electrons. The number of thioether (sulfide) groups is 1. The van der Waals surface area contributed by atoms with Gasteiger partial charge >= 0.3 is 0 Å². The summed E-state index contributed by atoms with van der Waals surface area (Å²) < 4.78 is 19.7. The molecule has 3 rings (SSSR count). The minimum Gasteiger partial charge on any atom is -0.491 e. The molecule has 0 bridgehead atoms. The Morgan fingerprint density at radius 3 is 2.57 bits per heavy atom. The Bertz CT molecular complexity index is 909. The average molecular weight is 420 g/mol. The topological polar surface area (TPSA) is 46.6 Å². The number of hydrogen-bond acceptors (Lipinski definition) is 4. The molecule has 7 heteroatoms. The third kappa shape index (κ3) is 4.56. The summed E-state index contributed by atoms with van der Waals surface area (Å²) in [5, 5.41) is -0.271. The number of carbonyl (C=O) groups is 2. The third-order valence-corrected chi connectivity index (χ3v) is 5.60. The Balaban J connectivity index is 1.76. The lowest BCUT2D eigenvalue weighted by Crippen LogP contribution is -2.28. The van der Waals surface area contributed by atoms with Gasteiger partial charge in [-0.1, -0.05) is 36.7 Å². The summed E-state index contributed by atoms with van der Waals surface area (Å²) in [6, 6.07) is 11.5. The van der Waals surface area contributed by atoms with Crippen LogP contribution in [0, 0.1) is 5.82 Å². The largest absolute Gasteiger partial charge is 0.491 e. The Hall–Kier alpha value is -2.31. The minimum atomic E-state index is -0.549. The zero-order valence-electron chi connectivity index (χ0n) is 15.4. The first kappa shape index (κ1) is 20.4. The lowest BCUT2D eigenvalue weighted by Gasteiger charge is -2.14. The molecule has 0 saturated carbocycles. The van der Waals surface area contributed by atoms with E-state index in [0.717, 1.165) is 34.4 Å². The fourth-order valence-corrected chi connectivity index (χ4v) is 3.65. The molecule has 1 aliphatic rings. The number of imide groups is 1. The van der Waals surface area contributed by atoms with Gasteiger partial charge in [0.1, 0.15) is 11.6 Å². The molecular formula is C21H19ClFNO3S. The molecule has 0 radical (unpaired) electrons. The number of hydrogen-bond donors (Lipinski definition) is 0. The highest BCUT2D eigenvalue weighted by Crippen LogP contribution is 2.34. The first-order valence-electron chi connectivity index (χ1n) is 8.84. The predicted molar refractivity (Wildman–Crippen MR) is 110 cm³/mol. The van der Waals surface area contributed by atoms with Gasteiger partial charge in [0, 0.05) is 10.6 Å². The highest BCUT2D eigenvalue weighted by molar-refractivity contribution is 8.18. The first-order valence-corrected chi connectivity index (χ1v) is 10.0. The monoisotopic (exact) mass is 419 g/mol. The molecule has 1 aliphatic heterocycles. The second kappa shape index (κ2) is 8.80. The Labute approximate surface area is 172 Å². The minimum absolute atomic E-state index is 0.118. The van der Waals surface area contributed by atoms with E-state index < -0.39 is 17.0 Å². The van der Waals surface area contributed by atoms with E-state index in [1.807, 2.05) is 38.1 Å². The van der Waals surface area contributed by atoms with Gasteiger partial charge in [0.2, 0.25) is 0 Å². The van der Waals surface area contributed by atoms with Crippen LogP contribution < -0.4 is 4.74 Å². The van der Waals surface area contributed by atoms with E-state index in [4.69, 9.17) is 16.3 Å². The Morgan fingerprint density at radius 2 is 1.93 bits per heavy atom. The van der Waals surface area contributed by atoms with E-state index in [9.17, 15) is 14.0 Å². The fraction of sp³-hybridized carbons (Fsp3) is 0.238. The number of nitrogens with zero attached hydrogens (tertiary/aromatic N) is 1. The van der Waals surface area contributed by atoms with Gasteiger partial charge in [-0.15, -0.1) is 0 Å². The van der Waals surface area contributed by atoms with Crippen LogP contribution in [0.4, 0.5) is 9.18 Å². The van der Waals surface area contributed by atoms with Gasteiger partial charge in [-0.25, -0.2) is 4.39 Å². The van der Waals surface area contributed by atoms with Crippen molar-refractivity contribution in [2.45, 2.75) is 32.9 Å². The standard InChI is InChI=1S/C21H19ClFNO3S/c1-3-13(2)27-15-9-7-14(8-10-15)11-19-20(25)24(21(26)28-19)12-16-17(22)5-4-6-18(16)23/h4-11,13H,3,12H2,1-2H3/b19-11-/t13-/m1/s1. The van der Waals surface area contributed by atoms with Crippen LogP contribution in [0.1, 0.15) is 31.4 Å². The summed E-state index contributed by atoms with van der Waals surface area (Å²) in [5.74, 6) is -0.268. The molecule has 0 unspecified atom stereocenters. The lowest BCUT2D eigenvalue weighted by atomic mass is 10.2. The number of ether oxygens (including phenoxy) is 1. The quantitative estimate of drug-likeness (QED) is 0.547. The summed E-state index contributed by atoms with van der Waals surface area (Å²) in [4.78, 5) is 26.2. The van der Waals surface area contributed by atoms with Crippen molar-refractivity contribution in [1.29, 1.82) is 0 Å². The van der Waals surface area contributed by atoms with E-state index in [0.29, 0.717) is 0 Å². The van der Waals surface area contributed by atoms with Gasteiger partial charge in [0.05, 0.1) is 17.6 Å². The second-order valence-electron chi connectivity index (χ2n) is 6.37. The summed E-state index contributed by atoms with van der Waals surface area (Å²) in [6.07, 6.45) is 2.66. The molecule has 4 nitrogen and oxygen atoms in total. The van der Waals surface area contributed by atoms with Crippen molar-refractivity contribution in [3.8, 4) is 5.75 Å². The summed E-state index contributed by atoms with van der Waals surface area (Å²) in [5.41, 5.74) is 0.894. The second-order valence-corrected chi connectivity index (χ2v) is 7.77. The van der Waals surface area contributed by atoms with Crippen molar-refractivity contribution in [2.24, 2.45) is 0 Å². The van der Waals surface area contributed by atoms with Gasteiger partial charge in [0.25, 0.3) is 11.1 Å². The summed E-state index contributed by atoms with van der Waals surface area (Å²) in [7, 11) is 0. The molecule has 0 aliphatic carbocycles. The van der Waals surface area contributed by atoms with Crippen LogP contribution in [-0.4, -0.2) is 22.2 Å². The van der Waals surface area contributed by atoms with Crippen molar-refractivity contribution in [3.05, 3.63) is 69.3 Å². The van der Waals surface area contributed by atoms with Crippen LogP contribution in [0.2, 0.25) is 5.02 Å². The number of carbonyl (C=O) groups excluding carboxylic acids is 2. The fourth-order valence-electron chi connectivity index (χ4n) is 2.59. The molecular weight excluding hydrogens is 401 g/mol. The molecule has 1 atom stereocenters. The normalized spacial score (nSPS) is 16.7. The molecule has 2 aromatic rings. The third-order valence-electron chi connectivity index (χ3n) is 4.34. The van der Waals surface area contributed by atoms with Gasteiger partial charge < -0.3 is 4.74 Å². The van der Waals surface area contributed by atoms with Gasteiger partial charge in [-0.05, 0) is 61.0 Å². The van der Waals surface area contributed by atoms with Crippen molar-refractivity contribution >= 4 is 40.6 Å². The molecule has 0 aromatic heterocycles. The predicted octanol–water partition coefficient (Wildman–Crippen LogP) is 5.89. The molecule has 0 N–H and O–H groups in total.